The minimum atomic E-state index is 0.374. The monoisotopic (exact) mass is 285 g/mol. The second-order valence-electron chi connectivity index (χ2n) is 4.83. The standard InChI is InChI=1S/C13H20ClN3O2/c1-17(8-10-3-5-19-6-4-10)13-7-11(14)15-12(16-13)9-18-2/h7,10H,3-6,8-9H2,1-2H3. The normalized spacial score (nSPS) is 16.6. The third kappa shape index (κ3) is 4.30. The lowest BCUT2D eigenvalue weighted by molar-refractivity contribution is 0.0685. The van der Waals surface area contributed by atoms with Crippen LogP contribution in [-0.2, 0) is 16.1 Å². The first-order valence-electron chi connectivity index (χ1n) is 6.50. The molecule has 0 aromatic carbocycles. The van der Waals surface area contributed by atoms with Gasteiger partial charge >= 0.3 is 0 Å². The molecule has 106 valence electrons. The van der Waals surface area contributed by atoms with E-state index in [1.807, 2.05) is 7.05 Å². The number of ether oxygens (including phenoxy) is 2. The quantitative estimate of drug-likeness (QED) is 0.776. The number of hydrogen-bond acceptors (Lipinski definition) is 5. The van der Waals surface area contributed by atoms with E-state index < -0.39 is 0 Å². The van der Waals surface area contributed by atoms with Crippen LogP contribution in [0, 0.1) is 5.92 Å². The van der Waals surface area contributed by atoms with Gasteiger partial charge in [-0.25, -0.2) is 9.97 Å². The van der Waals surface area contributed by atoms with E-state index in [1.54, 1.807) is 13.2 Å². The molecule has 0 amide bonds. The minimum Gasteiger partial charge on any atom is -0.381 e. The van der Waals surface area contributed by atoms with Crippen LogP contribution in [-0.4, -0.2) is 43.9 Å². The lowest BCUT2D eigenvalue weighted by atomic mass is 10.00. The van der Waals surface area contributed by atoms with Crippen molar-refractivity contribution in [1.82, 2.24) is 9.97 Å². The molecular formula is C13H20ClN3O2. The van der Waals surface area contributed by atoms with E-state index in [9.17, 15) is 0 Å². The summed E-state index contributed by atoms with van der Waals surface area (Å²) < 4.78 is 10.4. The number of halogens is 1. The number of rotatable bonds is 5. The van der Waals surface area contributed by atoms with Crippen molar-refractivity contribution in [2.45, 2.75) is 19.4 Å². The molecule has 19 heavy (non-hydrogen) atoms. The van der Waals surface area contributed by atoms with E-state index in [2.05, 4.69) is 14.9 Å². The van der Waals surface area contributed by atoms with Gasteiger partial charge in [-0.3, -0.25) is 0 Å². The third-order valence-electron chi connectivity index (χ3n) is 3.27. The highest BCUT2D eigenvalue weighted by atomic mass is 35.5. The average Bonchev–Trinajstić information content (AvgIpc) is 2.39. The lowest BCUT2D eigenvalue weighted by Crippen LogP contribution is -2.30. The van der Waals surface area contributed by atoms with Gasteiger partial charge in [0.2, 0.25) is 0 Å². The van der Waals surface area contributed by atoms with Crippen molar-refractivity contribution < 1.29 is 9.47 Å². The average molecular weight is 286 g/mol. The fourth-order valence-corrected chi connectivity index (χ4v) is 2.45. The van der Waals surface area contributed by atoms with Crippen molar-refractivity contribution in [2.75, 3.05) is 38.8 Å². The summed E-state index contributed by atoms with van der Waals surface area (Å²) in [5.74, 6) is 2.11. The summed E-state index contributed by atoms with van der Waals surface area (Å²) in [4.78, 5) is 10.7. The Hall–Kier alpha value is -0.910. The van der Waals surface area contributed by atoms with E-state index in [-0.39, 0.29) is 0 Å². The Morgan fingerprint density at radius 2 is 2.16 bits per heavy atom. The van der Waals surface area contributed by atoms with Gasteiger partial charge in [0.1, 0.15) is 17.6 Å². The van der Waals surface area contributed by atoms with Crippen LogP contribution in [0.15, 0.2) is 6.07 Å². The maximum absolute atomic E-state index is 6.02. The van der Waals surface area contributed by atoms with Crippen molar-refractivity contribution in [3.05, 3.63) is 17.0 Å². The van der Waals surface area contributed by atoms with Gasteiger partial charge in [0, 0.05) is 40.0 Å². The Kier molecular flexibility index (Phi) is 5.36. The molecule has 1 saturated heterocycles. The molecule has 0 unspecified atom stereocenters. The zero-order chi connectivity index (χ0) is 13.7. The predicted molar refractivity (Wildman–Crippen MR) is 74.6 cm³/mol. The Bertz CT molecular complexity index is 411. The largest absolute Gasteiger partial charge is 0.381 e. The molecule has 0 atom stereocenters. The zero-order valence-corrected chi connectivity index (χ0v) is 12.2. The lowest BCUT2D eigenvalue weighted by Gasteiger charge is -2.27. The van der Waals surface area contributed by atoms with Crippen LogP contribution >= 0.6 is 11.6 Å². The van der Waals surface area contributed by atoms with E-state index >= 15 is 0 Å². The van der Waals surface area contributed by atoms with Gasteiger partial charge in [0.05, 0.1) is 0 Å². The van der Waals surface area contributed by atoms with Gasteiger partial charge < -0.3 is 14.4 Å². The first-order chi connectivity index (χ1) is 9.19. The van der Waals surface area contributed by atoms with Gasteiger partial charge in [-0.2, -0.15) is 0 Å². The zero-order valence-electron chi connectivity index (χ0n) is 11.4. The van der Waals surface area contributed by atoms with Crippen LogP contribution in [0.25, 0.3) is 0 Å². The van der Waals surface area contributed by atoms with Crippen molar-refractivity contribution in [3.8, 4) is 0 Å². The summed E-state index contributed by atoms with van der Waals surface area (Å²) in [5, 5.41) is 0.455. The van der Waals surface area contributed by atoms with Crippen LogP contribution in [0.4, 0.5) is 5.82 Å². The van der Waals surface area contributed by atoms with E-state index in [0.29, 0.717) is 23.5 Å². The number of nitrogens with zero attached hydrogens (tertiary/aromatic N) is 3. The maximum atomic E-state index is 6.02. The molecule has 6 heteroatoms. The molecule has 0 saturated carbocycles. The van der Waals surface area contributed by atoms with E-state index in [1.165, 1.54) is 0 Å². The van der Waals surface area contributed by atoms with Gasteiger partial charge in [-0.15, -0.1) is 0 Å². The maximum Gasteiger partial charge on any atom is 0.158 e. The Morgan fingerprint density at radius 3 is 2.84 bits per heavy atom. The van der Waals surface area contributed by atoms with Crippen molar-refractivity contribution in [3.63, 3.8) is 0 Å². The van der Waals surface area contributed by atoms with E-state index in [4.69, 9.17) is 21.1 Å². The number of aromatic nitrogens is 2. The minimum absolute atomic E-state index is 0.374. The van der Waals surface area contributed by atoms with Crippen LogP contribution in [0.5, 0.6) is 0 Å². The van der Waals surface area contributed by atoms with Crippen LogP contribution in [0.2, 0.25) is 5.15 Å². The molecule has 0 radical (unpaired) electrons. The smallest absolute Gasteiger partial charge is 0.158 e. The first kappa shape index (κ1) is 14.5. The Balaban J connectivity index is 2.02. The molecule has 1 aromatic heterocycles. The summed E-state index contributed by atoms with van der Waals surface area (Å²) in [6.45, 7) is 3.05. The summed E-state index contributed by atoms with van der Waals surface area (Å²) in [5.41, 5.74) is 0. The predicted octanol–water partition coefficient (Wildman–Crippen LogP) is 2.14. The molecular weight excluding hydrogens is 266 g/mol. The number of anilines is 1. The van der Waals surface area contributed by atoms with E-state index in [0.717, 1.165) is 38.4 Å². The summed E-state index contributed by atoms with van der Waals surface area (Å²) in [6, 6.07) is 1.79. The summed E-state index contributed by atoms with van der Waals surface area (Å²) in [6.07, 6.45) is 2.21. The van der Waals surface area contributed by atoms with Crippen molar-refractivity contribution >= 4 is 17.4 Å². The van der Waals surface area contributed by atoms with Crippen molar-refractivity contribution in [2.24, 2.45) is 5.92 Å². The van der Waals surface area contributed by atoms with Gasteiger partial charge in [0.15, 0.2) is 5.82 Å². The molecule has 0 spiro atoms. The molecule has 1 aliphatic heterocycles. The molecule has 0 N–H and O–H groups in total. The molecule has 1 fully saturated rings. The fraction of sp³-hybridized carbons (Fsp3) is 0.692. The van der Waals surface area contributed by atoms with Gasteiger partial charge in [-0.1, -0.05) is 11.6 Å². The highest BCUT2D eigenvalue weighted by Crippen LogP contribution is 2.20. The Morgan fingerprint density at radius 1 is 1.42 bits per heavy atom. The first-order valence-corrected chi connectivity index (χ1v) is 6.88. The second-order valence-corrected chi connectivity index (χ2v) is 5.22. The highest BCUT2D eigenvalue weighted by molar-refractivity contribution is 6.29. The highest BCUT2D eigenvalue weighted by Gasteiger charge is 2.17. The summed E-state index contributed by atoms with van der Waals surface area (Å²) in [7, 11) is 3.65. The van der Waals surface area contributed by atoms with Crippen molar-refractivity contribution in [1.29, 1.82) is 0 Å². The second kappa shape index (κ2) is 7.03. The third-order valence-corrected chi connectivity index (χ3v) is 3.46. The SMILES string of the molecule is COCc1nc(Cl)cc(N(C)CC2CCOCC2)n1. The molecule has 0 aliphatic carbocycles. The molecule has 0 bridgehead atoms. The number of hydrogen-bond donors (Lipinski definition) is 0. The molecule has 1 aromatic rings. The van der Waals surface area contributed by atoms with Gasteiger partial charge in [-0.05, 0) is 18.8 Å². The molecule has 5 nitrogen and oxygen atoms in total. The summed E-state index contributed by atoms with van der Waals surface area (Å²) >= 11 is 6.02. The topological polar surface area (TPSA) is 47.5 Å². The van der Waals surface area contributed by atoms with Gasteiger partial charge in [0.25, 0.3) is 0 Å². The molecule has 2 rings (SSSR count). The van der Waals surface area contributed by atoms with Crippen LogP contribution in [0.3, 0.4) is 0 Å². The Labute approximate surface area is 118 Å². The molecule has 2 heterocycles. The van der Waals surface area contributed by atoms with Crippen LogP contribution in [0.1, 0.15) is 18.7 Å². The van der Waals surface area contributed by atoms with Crippen LogP contribution < -0.4 is 4.90 Å². The fourth-order valence-electron chi connectivity index (χ4n) is 2.25. The number of methoxy groups -OCH3 is 1. The molecule has 1 aliphatic rings.